The van der Waals surface area contributed by atoms with E-state index in [1.807, 2.05) is 10.3 Å². The van der Waals surface area contributed by atoms with Crippen molar-refractivity contribution in [2.24, 2.45) is 11.5 Å². The zero-order valence-electron chi connectivity index (χ0n) is 60.5. The molecule has 0 aliphatic rings. The SMILES string of the molecule is C.C.C.C.C=P(c1ccccc1)(c1ccccc1)c1ccccc1.CCC.CCN(C(=O)O)C(=O)O.CCN(C(N)=O)C(N)=O.CCOC(=O)N(CC)C(=O)OCC.CCOC(=O)NC(=O)OCC.CCn1c(=O)nc(C(=O)O)[nH]c1=O.CCn1c(=O)nc(C=O)[nH]c1=O.CCn1c(=O)nc(C=O)n(PC)c1=O.N. The second-order valence-electron chi connectivity index (χ2n) is 18.7. The Morgan fingerprint density at radius 3 is 1.08 bits per heavy atom. The molecule has 1 unspecified atom stereocenters. The third kappa shape index (κ3) is 40.9. The minimum atomic E-state index is -1.78. The lowest BCUT2D eigenvalue weighted by atomic mass is 10.4. The van der Waals surface area contributed by atoms with Crippen LogP contribution in [0.5, 0.6) is 0 Å². The normalized spacial score (nSPS) is 9.26. The molecule has 3 heterocycles. The van der Waals surface area contributed by atoms with E-state index in [0.29, 0.717) is 17.5 Å². The molecule has 10 amide bonds. The highest BCUT2D eigenvalue weighted by Gasteiger charge is 2.23. The van der Waals surface area contributed by atoms with Crippen molar-refractivity contribution in [2.45, 2.75) is 139 Å². The molecule has 612 valence electrons. The van der Waals surface area contributed by atoms with Crippen molar-refractivity contribution in [2.75, 3.05) is 52.7 Å². The van der Waals surface area contributed by atoms with Crippen molar-refractivity contribution in [3.63, 3.8) is 0 Å². The molecule has 6 aromatic rings. The smallest absolute Gasteiger partial charge is 0.419 e. The number of aromatic amines is 2. The van der Waals surface area contributed by atoms with E-state index in [9.17, 15) is 81.5 Å². The number of carbonyl (C=O) groups is 11. The van der Waals surface area contributed by atoms with Gasteiger partial charge in [0.2, 0.25) is 5.82 Å². The van der Waals surface area contributed by atoms with Crippen LogP contribution in [0, 0.1) is 0 Å². The minimum Gasteiger partial charge on any atom is -0.475 e. The third-order valence-electron chi connectivity index (χ3n) is 11.8. The number of carboxylic acid groups (broad SMARTS) is 3. The van der Waals surface area contributed by atoms with E-state index in [1.54, 1.807) is 69.0 Å². The average Bonchev–Trinajstić information content (AvgIpc) is 0.806. The molecule has 1 atom stereocenters. The number of H-pyrrole nitrogens is 2. The Labute approximate surface area is 633 Å². The summed E-state index contributed by atoms with van der Waals surface area (Å²) in [7, 11) is 0.0810. The van der Waals surface area contributed by atoms with Crippen molar-refractivity contribution in [3.05, 3.63) is 171 Å². The number of hydrogen-bond acceptors (Lipinski definition) is 25. The zero-order chi connectivity index (χ0) is 80.2. The summed E-state index contributed by atoms with van der Waals surface area (Å²) in [5, 5.41) is 30.4. The molecule has 42 heteroatoms. The monoisotopic (exact) mass is 1580 g/mol. The molecule has 109 heavy (non-hydrogen) atoms. The molecular weight excluding hydrogens is 1470 g/mol. The summed E-state index contributed by atoms with van der Waals surface area (Å²) in [6.45, 7) is 22.5. The van der Waals surface area contributed by atoms with Crippen LogP contribution in [0.15, 0.2) is 120 Å². The fourth-order valence-electron chi connectivity index (χ4n) is 7.10. The van der Waals surface area contributed by atoms with Crippen LogP contribution in [-0.2, 0) is 38.6 Å². The van der Waals surface area contributed by atoms with Gasteiger partial charge in [-0.3, -0.25) is 23.9 Å². The first-order chi connectivity index (χ1) is 49.2. The highest BCUT2D eigenvalue weighted by atomic mass is 31.2. The van der Waals surface area contributed by atoms with Gasteiger partial charge in [-0.15, -0.1) is 0 Å². The summed E-state index contributed by atoms with van der Waals surface area (Å²) in [5.41, 5.74) is 5.38. The highest BCUT2D eigenvalue weighted by Crippen LogP contribution is 2.41. The second-order valence-corrected chi connectivity index (χ2v) is 22.8. The fraction of sp³-hybridized carbons (Fsp3) is 0.418. The van der Waals surface area contributed by atoms with Gasteiger partial charge in [0.25, 0.3) is 0 Å². The largest absolute Gasteiger partial charge is 0.475 e. The number of rotatable bonds is 17. The summed E-state index contributed by atoms with van der Waals surface area (Å²) in [6, 6.07) is 30.3. The number of amides is 10. The number of aldehydes is 2. The summed E-state index contributed by atoms with van der Waals surface area (Å²) in [6.07, 6.45) is 0.901. The van der Waals surface area contributed by atoms with Crippen LogP contribution in [0.4, 0.5) is 38.4 Å². The van der Waals surface area contributed by atoms with E-state index in [1.165, 1.54) is 33.6 Å². The van der Waals surface area contributed by atoms with Gasteiger partial charge in [0.1, 0.15) is 0 Å². The number of carboxylic acids is 1. The lowest BCUT2D eigenvalue weighted by Gasteiger charge is -2.26. The van der Waals surface area contributed by atoms with Crippen LogP contribution < -0.4 is 73.0 Å². The zero-order valence-corrected chi connectivity index (χ0v) is 62.4. The molecule has 3 aromatic heterocycles. The molecule has 0 saturated carbocycles. The predicted molar refractivity (Wildman–Crippen MR) is 419 cm³/mol. The summed E-state index contributed by atoms with van der Waals surface area (Å²) in [4.78, 5) is 197. The molecule has 13 N–H and O–H groups in total. The first kappa shape index (κ1) is 113. The number of aromatic nitrogens is 9. The molecule has 0 fully saturated rings. The van der Waals surface area contributed by atoms with E-state index in [4.69, 9.17) is 33.1 Å². The van der Waals surface area contributed by atoms with E-state index < -0.39 is 101 Å². The number of urea groups is 2. The summed E-state index contributed by atoms with van der Waals surface area (Å²) >= 11 is 0. The lowest BCUT2D eigenvalue weighted by Crippen LogP contribution is -2.43. The van der Waals surface area contributed by atoms with E-state index >= 15 is 0 Å². The molecular formula is C67H110N16O24P2. The Balaban J connectivity index is -0.000000178. The number of hydrogen-bond donors (Lipinski definition) is 9. The van der Waals surface area contributed by atoms with E-state index in [-0.39, 0.29) is 122 Å². The number of nitrogens with two attached hydrogens (primary N) is 2. The number of nitrogens with one attached hydrogen (secondary N) is 3. The van der Waals surface area contributed by atoms with Crippen molar-refractivity contribution >= 4 is 105 Å². The minimum absolute atomic E-state index is 0. The molecule has 0 saturated heterocycles. The molecule has 0 radical (unpaired) electrons. The first-order valence-electron chi connectivity index (χ1n) is 31.4. The fourth-order valence-corrected chi connectivity index (χ4v) is 10.7. The van der Waals surface area contributed by atoms with Crippen molar-refractivity contribution in [1.82, 2.24) is 69.1 Å². The van der Waals surface area contributed by atoms with Gasteiger partial charge in [0.05, 0.1) is 26.4 Å². The topological polar surface area (TPSA) is 587 Å². The van der Waals surface area contributed by atoms with Gasteiger partial charge < -0.3 is 51.9 Å². The van der Waals surface area contributed by atoms with Gasteiger partial charge >= 0.3 is 88.7 Å². The van der Waals surface area contributed by atoms with Crippen LogP contribution >= 0.6 is 15.6 Å². The second kappa shape index (κ2) is 63.2. The maximum atomic E-state index is 11.6. The number of carbonyl (C=O) groups excluding carboxylic acids is 8. The standard InChI is InChI=1S/C19H17P.C8H15NO4.C7H10N3O3P.C6H7N3O4.C6H7N3O3.C6H11NO4.C4H9N3O2.C4H7NO4.C3H8.4CH4.H3N/c1-20(17-11-5-2-6-12-17,18-13-7-3-8-14-18)19-15-9-4-10-16-19;1-4-9(7(10)12-5-2)8(11)13-6-3;1-3-9-6(12)8-5(4-11)10(14-2)7(9)13;1-2-9-5(12)7-3(4(10)11)8-6(9)13;1-2-9-5(11)7-4(3-10)8-6(9)12;1-3-10-5(8)7-6(9)11-4-2;1-2-7(3(5)8)4(6)9;1-2-5(3(6)7)4(8)9;1-3-2;;;;;/h2-16H,1H2;4-6H2,1-3H3;4,14H,3H2,1-2H3;2H2,1H3,(H,10,11)(H,7,8,12,13);3H,2H2,1H3,(H,7,8,11,12);3-4H2,1-2H3,(H,7,8,9);2H2,1H3,(H2,5,8)(H2,6,9);2H2,1H3,(H,6,7)(H,8,9);3H2,1-2H3;4*1H4;1H3. The Hall–Kier alpha value is -12.0. The van der Waals surface area contributed by atoms with Gasteiger partial charge in [0.15, 0.2) is 24.2 Å². The lowest BCUT2D eigenvalue weighted by molar-refractivity contribution is 0.0679. The molecule has 0 bridgehead atoms. The molecule has 3 aromatic carbocycles. The number of ether oxygens (including phenoxy) is 4. The Kier molecular flexibility index (Phi) is 65.5. The molecule has 0 spiro atoms. The van der Waals surface area contributed by atoms with Gasteiger partial charge in [-0.05, 0) is 107 Å². The van der Waals surface area contributed by atoms with E-state index in [0.717, 1.165) is 23.5 Å². The van der Waals surface area contributed by atoms with Crippen molar-refractivity contribution in [3.8, 4) is 0 Å². The number of aromatic carboxylic acids is 1. The summed E-state index contributed by atoms with van der Waals surface area (Å²) < 4.78 is 22.0. The molecule has 40 nitrogen and oxygen atoms in total. The van der Waals surface area contributed by atoms with Crippen LogP contribution in [-0.4, -0.2) is 199 Å². The Morgan fingerprint density at radius 1 is 0.514 bits per heavy atom. The maximum absolute atomic E-state index is 11.6. The van der Waals surface area contributed by atoms with Crippen molar-refractivity contribution < 1.29 is 87.0 Å². The van der Waals surface area contributed by atoms with Gasteiger partial charge in [-0.25, -0.2) is 106 Å². The number of primary amides is 2. The van der Waals surface area contributed by atoms with Crippen LogP contribution in [0.25, 0.3) is 0 Å². The highest BCUT2D eigenvalue weighted by molar-refractivity contribution is 7.93. The number of imide groups is 4. The average molecular weight is 1590 g/mol. The Morgan fingerprint density at radius 2 is 0.844 bits per heavy atom. The van der Waals surface area contributed by atoms with Crippen LogP contribution in [0.3, 0.4) is 0 Å². The van der Waals surface area contributed by atoms with Gasteiger partial charge in [-0.1, -0.05) is 147 Å². The predicted octanol–water partition coefficient (Wildman–Crippen LogP) is 6.90. The number of alkyl carbamates (subject to hydrolysis) is 2. The summed E-state index contributed by atoms with van der Waals surface area (Å²) in [5.74, 6) is -2.42. The molecule has 0 aliphatic carbocycles. The quantitative estimate of drug-likeness (QED) is 0.0255. The van der Waals surface area contributed by atoms with Crippen molar-refractivity contribution in [1.29, 1.82) is 0 Å². The maximum Gasteiger partial charge on any atom is 0.419 e. The van der Waals surface area contributed by atoms with Gasteiger partial charge in [0, 0.05) is 39.3 Å². The Bertz CT molecular complexity index is 3880. The molecule has 0 aliphatic heterocycles. The third-order valence-corrected chi connectivity index (χ3v) is 16.2. The molecule has 6 rings (SSSR count). The first-order valence-corrected chi connectivity index (χ1v) is 34.8. The van der Waals surface area contributed by atoms with Crippen LogP contribution in [0.1, 0.15) is 151 Å². The number of nitrogens with zero attached hydrogens (tertiary/aromatic N) is 10. The van der Waals surface area contributed by atoms with Gasteiger partial charge in [-0.2, -0.15) is 15.0 Å². The van der Waals surface area contributed by atoms with E-state index in [2.05, 4.69) is 144 Å². The van der Waals surface area contributed by atoms with Crippen LogP contribution in [0.2, 0.25) is 0 Å². The number of benzene rings is 3.